The summed E-state index contributed by atoms with van der Waals surface area (Å²) < 4.78 is 10.3. The van der Waals surface area contributed by atoms with Crippen LogP contribution in [0.4, 0.5) is 5.82 Å². The maximum Gasteiger partial charge on any atom is 0.159 e. The Hall–Kier alpha value is -1.20. The van der Waals surface area contributed by atoms with Crippen LogP contribution in [0.5, 0.6) is 0 Å². The van der Waals surface area contributed by atoms with E-state index in [-0.39, 0.29) is 12.2 Å². The number of anilines is 1. The number of rotatable bonds is 4. The lowest BCUT2D eigenvalue weighted by Gasteiger charge is -2.13. The number of nitrogen functional groups attached to an aromatic ring is 1. The second kappa shape index (κ2) is 5.04. The second-order valence-electron chi connectivity index (χ2n) is 3.33. The number of methoxy groups -OCH3 is 2. The molecule has 0 amide bonds. The molecule has 0 saturated carbocycles. The molecule has 0 bridgehead atoms. The Bertz CT molecular complexity index is 302. The zero-order valence-corrected chi connectivity index (χ0v) is 9.52. The van der Waals surface area contributed by atoms with Crippen LogP contribution in [0.1, 0.15) is 37.6 Å². The molecule has 0 spiro atoms. The largest absolute Gasteiger partial charge is 0.384 e. The van der Waals surface area contributed by atoms with Gasteiger partial charge in [-0.25, -0.2) is 9.97 Å². The first-order valence-corrected chi connectivity index (χ1v) is 4.78. The summed E-state index contributed by atoms with van der Waals surface area (Å²) in [6.45, 7) is 3.78. The van der Waals surface area contributed by atoms with E-state index in [1.165, 1.54) is 0 Å². The maximum atomic E-state index is 5.68. The molecule has 5 nitrogen and oxygen atoms in total. The summed E-state index contributed by atoms with van der Waals surface area (Å²) in [7, 11) is 3.24. The highest BCUT2D eigenvalue weighted by Crippen LogP contribution is 2.19. The van der Waals surface area contributed by atoms with Crippen LogP contribution in [0.15, 0.2) is 6.07 Å². The van der Waals surface area contributed by atoms with Crippen molar-refractivity contribution in [3.05, 3.63) is 17.6 Å². The van der Waals surface area contributed by atoms with Gasteiger partial charge >= 0.3 is 0 Å². The topological polar surface area (TPSA) is 70.3 Å². The second-order valence-corrected chi connectivity index (χ2v) is 3.33. The minimum atomic E-state index is -0.170. The van der Waals surface area contributed by atoms with Crippen LogP contribution >= 0.6 is 0 Å². The number of hydrogen-bond acceptors (Lipinski definition) is 5. The first-order valence-electron chi connectivity index (χ1n) is 4.78. The van der Waals surface area contributed by atoms with Crippen molar-refractivity contribution < 1.29 is 9.47 Å². The van der Waals surface area contributed by atoms with Gasteiger partial charge in [-0.3, -0.25) is 0 Å². The lowest BCUT2D eigenvalue weighted by molar-refractivity contribution is 0.104. The summed E-state index contributed by atoms with van der Waals surface area (Å²) in [6, 6.07) is 1.71. The van der Waals surface area contributed by atoms with Crippen LogP contribution in [-0.2, 0) is 9.47 Å². The van der Waals surface area contributed by atoms with Gasteiger partial charge in [0.25, 0.3) is 0 Å². The average Bonchev–Trinajstić information content (AvgIpc) is 2.26. The summed E-state index contributed by atoms with van der Waals surface area (Å²) >= 11 is 0. The van der Waals surface area contributed by atoms with Crippen molar-refractivity contribution in [2.75, 3.05) is 20.0 Å². The lowest BCUT2D eigenvalue weighted by atomic mass is 10.2. The van der Waals surface area contributed by atoms with E-state index in [1.54, 1.807) is 20.3 Å². The van der Waals surface area contributed by atoms with E-state index in [9.17, 15) is 0 Å². The molecular weight excluding hydrogens is 194 g/mol. The van der Waals surface area contributed by atoms with E-state index in [4.69, 9.17) is 15.2 Å². The van der Waals surface area contributed by atoms with Crippen molar-refractivity contribution >= 4 is 5.82 Å². The van der Waals surface area contributed by atoms with Crippen molar-refractivity contribution in [2.24, 2.45) is 0 Å². The minimum Gasteiger partial charge on any atom is -0.384 e. The Labute approximate surface area is 89.6 Å². The number of nitrogens with two attached hydrogens (primary N) is 1. The normalized spacial score (nSPS) is 14.9. The van der Waals surface area contributed by atoms with E-state index in [2.05, 4.69) is 9.97 Å². The molecule has 1 rings (SSSR count). The third-order valence-corrected chi connectivity index (χ3v) is 2.27. The Morgan fingerprint density at radius 2 is 1.73 bits per heavy atom. The summed E-state index contributed by atoms with van der Waals surface area (Å²) in [4.78, 5) is 8.44. The molecule has 1 aromatic rings. The van der Waals surface area contributed by atoms with E-state index < -0.39 is 0 Å². The van der Waals surface area contributed by atoms with Gasteiger partial charge in [0.05, 0.1) is 11.8 Å². The highest BCUT2D eigenvalue weighted by Gasteiger charge is 2.13. The molecule has 0 aliphatic heterocycles. The smallest absolute Gasteiger partial charge is 0.159 e. The van der Waals surface area contributed by atoms with Crippen LogP contribution < -0.4 is 5.73 Å². The van der Waals surface area contributed by atoms with Crippen LogP contribution in [0.25, 0.3) is 0 Å². The lowest BCUT2D eigenvalue weighted by Crippen LogP contribution is -2.10. The number of aromatic nitrogens is 2. The molecule has 15 heavy (non-hydrogen) atoms. The molecule has 84 valence electrons. The standard InChI is InChI=1S/C10H17N3O2/c1-6(14-3)8-5-9(11)13-10(12-8)7(2)15-4/h5-7H,1-4H3,(H2,11,12,13)/t6-,7-/m1/s1. The summed E-state index contributed by atoms with van der Waals surface area (Å²) in [5, 5.41) is 0. The zero-order chi connectivity index (χ0) is 11.4. The molecule has 0 aliphatic carbocycles. The molecule has 0 saturated heterocycles. The SMILES string of the molecule is CO[C@H](C)c1cc(N)nc([C@@H](C)OC)n1. The van der Waals surface area contributed by atoms with Gasteiger partial charge in [0, 0.05) is 20.3 Å². The van der Waals surface area contributed by atoms with Crippen molar-refractivity contribution in [1.82, 2.24) is 9.97 Å². The Kier molecular flexibility index (Phi) is 3.99. The Morgan fingerprint density at radius 3 is 2.27 bits per heavy atom. The van der Waals surface area contributed by atoms with Crippen molar-refractivity contribution in [2.45, 2.75) is 26.1 Å². The van der Waals surface area contributed by atoms with E-state index in [0.717, 1.165) is 5.69 Å². The third kappa shape index (κ3) is 2.87. The summed E-state index contributed by atoms with van der Waals surface area (Å²) in [5.41, 5.74) is 6.45. The van der Waals surface area contributed by atoms with Crippen LogP contribution in [0.3, 0.4) is 0 Å². The first kappa shape index (κ1) is 11.9. The van der Waals surface area contributed by atoms with Gasteiger partial charge in [-0.1, -0.05) is 0 Å². The van der Waals surface area contributed by atoms with Gasteiger partial charge in [0.15, 0.2) is 5.82 Å². The minimum absolute atomic E-state index is 0.0990. The average molecular weight is 211 g/mol. The van der Waals surface area contributed by atoms with Gasteiger partial charge in [-0.15, -0.1) is 0 Å². The third-order valence-electron chi connectivity index (χ3n) is 2.27. The molecule has 1 heterocycles. The number of ether oxygens (including phenoxy) is 2. The first-order chi connectivity index (χ1) is 7.08. The molecule has 0 aliphatic rings. The highest BCUT2D eigenvalue weighted by molar-refractivity contribution is 5.31. The molecule has 0 unspecified atom stereocenters. The predicted molar refractivity (Wildman–Crippen MR) is 57.3 cm³/mol. The van der Waals surface area contributed by atoms with E-state index >= 15 is 0 Å². The highest BCUT2D eigenvalue weighted by atomic mass is 16.5. The van der Waals surface area contributed by atoms with Gasteiger partial charge in [0.1, 0.15) is 11.9 Å². The molecule has 2 N–H and O–H groups in total. The van der Waals surface area contributed by atoms with Gasteiger partial charge in [-0.2, -0.15) is 0 Å². The number of nitrogens with zero attached hydrogens (tertiary/aromatic N) is 2. The predicted octanol–water partition coefficient (Wildman–Crippen LogP) is 1.47. The summed E-state index contributed by atoms with van der Waals surface area (Å²) in [6.07, 6.45) is -0.269. The number of hydrogen-bond donors (Lipinski definition) is 1. The monoisotopic (exact) mass is 211 g/mol. The van der Waals surface area contributed by atoms with E-state index in [0.29, 0.717) is 11.6 Å². The van der Waals surface area contributed by atoms with Crippen molar-refractivity contribution in [1.29, 1.82) is 0 Å². The fourth-order valence-corrected chi connectivity index (χ4v) is 1.12. The maximum absolute atomic E-state index is 5.68. The molecule has 0 fully saturated rings. The van der Waals surface area contributed by atoms with E-state index in [1.807, 2.05) is 13.8 Å². The molecule has 5 heteroatoms. The van der Waals surface area contributed by atoms with Crippen LogP contribution in [-0.4, -0.2) is 24.2 Å². The fraction of sp³-hybridized carbons (Fsp3) is 0.600. The van der Waals surface area contributed by atoms with Crippen molar-refractivity contribution in [3.63, 3.8) is 0 Å². The Morgan fingerprint density at radius 1 is 1.13 bits per heavy atom. The molecule has 1 aromatic heterocycles. The van der Waals surface area contributed by atoms with Crippen LogP contribution in [0.2, 0.25) is 0 Å². The van der Waals surface area contributed by atoms with Gasteiger partial charge in [-0.05, 0) is 13.8 Å². The molecule has 2 atom stereocenters. The van der Waals surface area contributed by atoms with Gasteiger partial charge in [0.2, 0.25) is 0 Å². The molecule has 0 radical (unpaired) electrons. The van der Waals surface area contributed by atoms with Crippen LogP contribution in [0, 0.1) is 0 Å². The Balaban J connectivity index is 3.04. The molecule has 0 aromatic carbocycles. The molecular formula is C10H17N3O2. The zero-order valence-electron chi connectivity index (χ0n) is 9.52. The van der Waals surface area contributed by atoms with Gasteiger partial charge < -0.3 is 15.2 Å². The summed E-state index contributed by atoms with van der Waals surface area (Å²) in [5.74, 6) is 1.01. The quantitative estimate of drug-likeness (QED) is 0.816. The van der Waals surface area contributed by atoms with Crippen molar-refractivity contribution in [3.8, 4) is 0 Å². The fourth-order valence-electron chi connectivity index (χ4n) is 1.12.